The lowest BCUT2D eigenvalue weighted by Crippen LogP contribution is -2.08. The minimum absolute atomic E-state index is 0.193. The Morgan fingerprint density at radius 1 is 1.62 bits per heavy atom. The number of nitrogens with one attached hydrogen (secondary N) is 1. The molecule has 0 fully saturated rings. The number of rotatable bonds is 3. The Hall–Kier alpha value is -1.55. The minimum Gasteiger partial charge on any atom is -0.495 e. The Kier molecular flexibility index (Phi) is 3.90. The smallest absolute Gasteiger partial charge is 0.221 e. The van der Waals surface area contributed by atoms with E-state index in [1.165, 1.54) is 14.0 Å². The number of ether oxygens (including phenoxy) is 1. The number of aromatic nitrogens is 1. The molecule has 0 spiro atoms. The molecule has 1 amide bonds. The van der Waals surface area contributed by atoms with Crippen LogP contribution in [0.25, 0.3) is 5.76 Å². The molecule has 1 aromatic heterocycles. The zero-order chi connectivity index (χ0) is 12.3. The molecular weight excluding hydrogens is 228 g/mol. The Bertz CT molecular complexity index is 444. The van der Waals surface area contributed by atoms with Crippen LogP contribution in [0.1, 0.15) is 18.3 Å². The van der Waals surface area contributed by atoms with Crippen molar-refractivity contribution in [3.63, 3.8) is 0 Å². The lowest BCUT2D eigenvalue weighted by atomic mass is 10.2. The Labute approximate surface area is 99.3 Å². The van der Waals surface area contributed by atoms with Gasteiger partial charge in [-0.15, -0.1) is 0 Å². The number of methoxy groups -OCH3 is 1. The number of hydrogen-bond donors (Lipinski definition) is 1. The van der Waals surface area contributed by atoms with Crippen molar-refractivity contribution in [1.82, 2.24) is 4.98 Å². The monoisotopic (exact) mass is 240 g/mol. The zero-order valence-corrected chi connectivity index (χ0v) is 10.2. The molecule has 0 aliphatic carbocycles. The standard InChI is InChI=1S/C11H13ClN2O2/c1-6-5-9(14-8(3)15)10(12)11(13-6)7(2)16-4/h5H,2H2,1,3-4H3,(H,13,14,15). The summed E-state index contributed by atoms with van der Waals surface area (Å²) in [4.78, 5) is 15.2. The molecule has 0 atom stereocenters. The third-order valence-electron chi connectivity index (χ3n) is 1.91. The van der Waals surface area contributed by atoms with Crippen molar-refractivity contribution in [1.29, 1.82) is 0 Å². The average molecular weight is 241 g/mol. The number of carbonyl (C=O) groups is 1. The molecule has 1 aromatic rings. The third kappa shape index (κ3) is 2.73. The largest absolute Gasteiger partial charge is 0.495 e. The quantitative estimate of drug-likeness (QED) is 0.827. The number of nitrogens with zero attached hydrogens (tertiary/aromatic N) is 1. The molecule has 0 aromatic carbocycles. The van der Waals surface area contributed by atoms with Crippen molar-refractivity contribution in [3.05, 3.63) is 29.1 Å². The van der Waals surface area contributed by atoms with Crippen molar-refractivity contribution in [2.24, 2.45) is 0 Å². The van der Waals surface area contributed by atoms with Gasteiger partial charge in [-0.1, -0.05) is 18.2 Å². The molecule has 0 unspecified atom stereocenters. The predicted molar refractivity (Wildman–Crippen MR) is 64.3 cm³/mol. The van der Waals surface area contributed by atoms with Gasteiger partial charge in [-0.25, -0.2) is 4.98 Å². The fraction of sp³-hybridized carbons (Fsp3) is 0.273. The first-order valence-electron chi connectivity index (χ1n) is 4.63. The fourth-order valence-electron chi connectivity index (χ4n) is 1.22. The normalized spacial score (nSPS) is 9.75. The van der Waals surface area contributed by atoms with Crippen molar-refractivity contribution in [3.8, 4) is 0 Å². The maximum absolute atomic E-state index is 11.0. The van der Waals surface area contributed by atoms with E-state index in [0.717, 1.165) is 5.69 Å². The zero-order valence-electron chi connectivity index (χ0n) is 9.43. The van der Waals surface area contributed by atoms with Crippen LogP contribution in [0.15, 0.2) is 12.6 Å². The fourth-order valence-corrected chi connectivity index (χ4v) is 1.47. The maximum Gasteiger partial charge on any atom is 0.221 e. The van der Waals surface area contributed by atoms with Gasteiger partial charge >= 0.3 is 0 Å². The van der Waals surface area contributed by atoms with Crippen LogP contribution in [0, 0.1) is 6.92 Å². The summed E-state index contributed by atoms with van der Waals surface area (Å²) in [6, 6.07) is 1.69. The molecular formula is C11H13ClN2O2. The summed E-state index contributed by atoms with van der Waals surface area (Å²) in [5, 5.41) is 2.95. The minimum atomic E-state index is -0.193. The second kappa shape index (κ2) is 4.99. The summed E-state index contributed by atoms with van der Waals surface area (Å²) < 4.78 is 4.98. The van der Waals surface area contributed by atoms with E-state index in [9.17, 15) is 4.79 Å². The highest BCUT2D eigenvalue weighted by molar-refractivity contribution is 6.35. The van der Waals surface area contributed by atoms with Gasteiger partial charge in [-0.05, 0) is 13.0 Å². The van der Waals surface area contributed by atoms with Crippen molar-refractivity contribution >= 4 is 29.0 Å². The van der Waals surface area contributed by atoms with Gasteiger partial charge in [0.1, 0.15) is 11.5 Å². The van der Waals surface area contributed by atoms with Gasteiger partial charge in [0.2, 0.25) is 5.91 Å². The average Bonchev–Trinajstić information content (AvgIpc) is 2.21. The predicted octanol–water partition coefficient (Wildman–Crippen LogP) is 2.62. The second-order valence-corrected chi connectivity index (χ2v) is 3.66. The summed E-state index contributed by atoms with van der Waals surface area (Å²) >= 11 is 6.08. The van der Waals surface area contributed by atoms with E-state index < -0.39 is 0 Å². The Morgan fingerprint density at radius 3 is 2.75 bits per heavy atom. The van der Waals surface area contributed by atoms with Gasteiger partial charge in [0.25, 0.3) is 0 Å². The molecule has 4 nitrogen and oxygen atoms in total. The van der Waals surface area contributed by atoms with Crippen molar-refractivity contribution < 1.29 is 9.53 Å². The van der Waals surface area contributed by atoms with E-state index in [1.807, 2.05) is 0 Å². The van der Waals surface area contributed by atoms with Gasteiger partial charge in [-0.3, -0.25) is 4.79 Å². The van der Waals surface area contributed by atoms with Crippen LogP contribution in [-0.4, -0.2) is 18.0 Å². The number of aryl methyl sites for hydroxylation is 1. The second-order valence-electron chi connectivity index (χ2n) is 3.28. The van der Waals surface area contributed by atoms with Crippen LogP contribution in [0.5, 0.6) is 0 Å². The molecule has 1 N–H and O–H groups in total. The SMILES string of the molecule is C=C(OC)c1nc(C)cc(NC(C)=O)c1Cl. The first-order valence-corrected chi connectivity index (χ1v) is 5.01. The lowest BCUT2D eigenvalue weighted by molar-refractivity contribution is -0.114. The third-order valence-corrected chi connectivity index (χ3v) is 2.29. The highest BCUT2D eigenvalue weighted by Crippen LogP contribution is 2.29. The van der Waals surface area contributed by atoms with E-state index in [4.69, 9.17) is 16.3 Å². The van der Waals surface area contributed by atoms with Gasteiger partial charge in [0, 0.05) is 12.6 Å². The molecule has 0 bridgehead atoms. The first-order chi connectivity index (χ1) is 7.45. The van der Waals surface area contributed by atoms with E-state index in [2.05, 4.69) is 16.9 Å². The van der Waals surface area contributed by atoms with E-state index in [-0.39, 0.29) is 5.91 Å². The van der Waals surface area contributed by atoms with Crippen LogP contribution < -0.4 is 5.32 Å². The Morgan fingerprint density at radius 2 is 2.25 bits per heavy atom. The first kappa shape index (κ1) is 12.5. The van der Waals surface area contributed by atoms with Crippen LogP contribution in [-0.2, 0) is 9.53 Å². The van der Waals surface area contributed by atoms with Gasteiger partial charge < -0.3 is 10.1 Å². The Balaban J connectivity index is 3.25. The molecule has 86 valence electrons. The van der Waals surface area contributed by atoms with Crippen LogP contribution in [0.2, 0.25) is 5.02 Å². The van der Waals surface area contributed by atoms with E-state index in [0.29, 0.717) is 22.2 Å². The summed E-state index contributed by atoms with van der Waals surface area (Å²) in [5.41, 5.74) is 1.67. The molecule has 0 saturated heterocycles. The summed E-state index contributed by atoms with van der Waals surface area (Å²) in [6.07, 6.45) is 0. The van der Waals surface area contributed by atoms with Crippen molar-refractivity contribution in [2.75, 3.05) is 12.4 Å². The highest BCUT2D eigenvalue weighted by Gasteiger charge is 2.13. The number of carbonyl (C=O) groups excluding carboxylic acids is 1. The van der Waals surface area contributed by atoms with Crippen LogP contribution in [0.3, 0.4) is 0 Å². The van der Waals surface area contributed by atoms with Crippen LogP contribution in [0.4, 0.5) is 5.69 Å². The maximum atomic E-state index is 11.0. The molecule has 1 heterocycles. The molecule has 0 saturated carbocycles. The molecule has 1 rings (SSSR count). The van der Waals surface area contributed by atoms with Gasteiger partial charge in [0.15, 0.2) is 0 Å². The molecule has 5 heteroatoms. The molecule has 16 heavy (non-hydrogen) atoms. The number of halogens is 1. The van der Waals surface area contributed by atoms with E-state index >= 15 is 0 Å². The highest BCUT2D eigenvalue weighted by atomic mass is 35.5. The van der Waals surface area contributed by atoms with Crippen molar-refractivity contribution in [2.45, 2.75) is 13.8 Å². The van der Waals surface area contributed by atoms with Gasteiger partial charge in [0.05, 0.1) is 17.8 Å². The number of pyridine rings is 1. The summed E-state index contributed by atoms with van der Waals surface area (Å²) in [6.45, 7) is 6.90. The molecule has 0 aliphatic heterocycles. The van der Waals surface area contributed by atoms with Crippen LogP contribution >= 0.6 is 11.6 Å². The summed E-state index contributed by atoms with van der Waals surface area (Å²) in [7, 11) is 1.49. The lowest BCUT2D eigenvalue weighted by Gasteiger charge is -2.11. The molecule has 0 aliphatic rings. The number of anilines is 1. The van der Waals surface area contributed by atoms with Gasteiger partial charge in [-0.2, -0.15) is 0 Å². The summed E-state index contributed by atoms with van der Waals surface area (Å²) in [5.74, 6) is 0.168. The van der Waals surface area contributed by atoms with E-state index in [1.54, 1.807) is 13.0 Å². The number of amides is 1. The topological polar surface area (TPSA) is 51.2 Å². The number of hydrogen-bond acceptors (Lipinski definition) is 3. The molecule has 0 radical (unpaired) electrons.